The minimum atomic E-state index is -0.460. The lowest BCUT2D eigenvalue weighted by molar-refractivity contribution is -0.384. The quantitative estimate of drug-likeness (QED) is 0.206. The Balaban J connectivity index is 1.47. The molecule has 0 aliphatic carbocycles. The maximum Gasteiger partial charge on any atom is 0.293 e. The first kappa shape index (κ1) is 24.3. The van der Waals surface area contributed by atoms with Crippen molar-refractivity contribution in [2.45, 2.75) is 13.2 Å². The zero-order valence-corrected chi connectivity index (χ0v) is 20.0. The smallest absolute Gasteiger partial charge is 0.293 e. The van der Waals surface area contributed by atoms with Crippen molar-refractivity contribution in [2.24, 2.45) is 0 Å². The van der Waals surface area contributed by atoms with E-state index in [1.54, 1.807) is 60.7 Å². The van der Waals surface area contributed by atoms with Gasteiger partial charge in [-0.2, -0.15) is 0 Å². The summed E-state index contributed by atoms with van der Waals surface area (Å²) in [5.41, 5.74) is 2.11. The highest BCUT2D eigenvalue weighted by atomic mass is 35.5. The van der Waals surface area contributed by atoms with E-state index in [0.29, 0.717) is 32.6 Å². The first-order chi connectivity index (χ1) is 16.9. The Kier molecular flexibility index (Phi) is 7.38. The molecule has 0 atom stereocenters. The molecule has 0 bridgehead atoms. The number of non-ortho nitro benzene ring substituents is 1. The normalized spacial score (nSPS) is 14.5. The van der Waals surface area contributed by atoms with Crippen molar-refractivity contribution in [3.63, 3.8) is 0 Å². The number of benzene rings is 3. The fraction of sp³-hybridized carbons (Fsp3) is 0.120. The first-order valence-electron chi connectivity index (χ1n) is 10.4. The number of nitrogens with zero attached hydrogens (tertiary/aromatic N) is 2. The Morgan fingerprint density at radius 1 is 1.06 bits per heavy atom. The molecule has 0 aromatic heterocycles. The van der Waals surface area contributed by atoms with Crippen LogP contribution in [-0.4, -0.2) is 28.1 Å². The molecule has 8 nitrogen and oxygen atoms in total. The summed E-state index contributed by atoms with van der Waals surface area (Å²) in [5.74, 6) is 0.517. The van der Waals surface area contributed by atoms with Gasteiger partial charge in [0.05, 0.1) is 23.5 Å². The van der Waals surface area contributed by atoms with Crippen LogP contribution >= 0.6 is 23.4 Å². The third-order valence-corrected chi connectivity index (χ3v) is 6.46. The van der Waals surface area contributed by atoms with E-state index in [-0.39, 0.29) is 24.1 Å². The molecule has 1 saturated heterocycles. The molecule has 0 N–H and O–H groups in total. The van der Waals surface area contributed by atoms with Gasteiger partial charge in [0, 0.05) is 17.2 Å². The highest BCUT2D eigenvalue weighted by molar-refractivity contribution is 8.18. The second-order valence-electron chi connectivity index (χ2n) is 7.48. The molecule has 0 saturated carbocycles. The fourth-order valence-corrected chi connectivity index (χ4v) is 4.39. The maximum absolute atomic E-state index is 12.9. The Hall–Kier alpha value is -3.82. The zero-order valence-electron chi connectivity index (χ0n) is 18.5. The van der Waals surface area contributed by atoms with E-state index >= 15 is 0 Å². The van der Waals surface area contributed by atoms with E-state index < -0.39 is 10.8 Å². The molecule has 2 amide bonds. The number of halogens is 1. The molecule has 1 aliphatic heterocycles. The minimum Gasteiger partial charge on any atom is -0.493 e. The summed E-state index contributed by atoms with van der Waals surface area (Å²) in [6.45, 7) is 0.287. The van der Waals surface area contributed by atoms with Crippen LogP contribution < -0.4 is 9.47 Å². The number of rotatable bonds is 8. The monoisotopic (exact) mass is 510 g/mol. The van der Waals surface area contributed by atoms with E-state index in [9.17, 15) is 19.7 Å². The molecular weight excluding hydrogens is 492 g/mol. The van der Waals surface area contributed by atoms with Crippen molar-refractivity contribution in [1.82, 2.24) is 4.90 Å². The van der Waals surface area contributed by atoms with Crippen molar-refractivity contribution in [3.8, 4) is 11.5 Å². The number of carbonyl (C=O) groups excluding carboxylic acids is 2. The predicted octanol–water partition coefficient (Wildman–Crippen LogP) is 6.07. The van der Waals surface area contributed by atoms with Crippen molar-refractivity contribution >= 4 is 46.3 Å². The molecule has 178 valence electrons. The van der Waals surface area contributed by atoms with E-state index in [1.165, 1.54) is 19.2 Å². The predicted molar refractivity (Wildman–Crippen MR) is 133 cm³/mol. The number of nitro benzene ring substituents is 1. The Morgan fingerprint density at radius 2 is 1.80 bits per heavy atom. The summed E-state index contributed by atoms with van der Waals surface area (Å²) in [5, 5.41) is 10.9. The number of thioether (sulfide) groups is 1. The highest BCUT2D eigenvalue weighted by Crippen LogP contribution is 2.36. The number of carbonyl (C=O) groups is 2. The van der Waals surface area contributed by atoms with Gasteiger partial charge in [-0.3, -0.25) is 24.6 Å². The summed E-state index contributed by atoms with van der Waals surface area (Å²) in [7, 11) is 1.50. The Labute approximate surface area is 210 Å². The molecule has 3 aromatic rings. The van der Waals surface area contributed by atoms with Crippen LogP contribution in [0.5, 0.6) is 11.5 Å². The molecule has 1 fully saturated rings. The third-order valence-electron chi connectivity index (χ3n) is 5.19. The average molecular weight is 511 g/mol. The fourth-order valence-electron chi connectivity index (χ4n) is 3.35. The number of methoxy groups -OCH3 is 1. The van der Waals surface area contributed by atoms with Crippen LogP contribution in [0, 0.1) is 10.1 Å². The maximum atomic E-state index is 12.9. The van der Waals surface area contributed by atoms with Gasteiger partial charge in [-0.15, -0.1) is 0 Å². The molecule has 4 rings (SSSR count). The van der Waals surface area contributed by atoms with Crippen LogP contribution in [0.1, 0.15) is 16.7 Å². The van der Waals surface area contributed by atoms with Gasteiger partial charge >= 0.3 is 0 Å². The van der Waals surface area contributed by atoms with Crippen molar-refractivity contribution in [2.75, 3.05) is 7.11 Å². The van der Waals surface area contributed by atoms with Crippen LogP contribution in [-0.2, 0) is 17.9 Å². The molecule has 0 spiro atoms. The lowest BCUT2D eigenvalue weighted by Gasteiger charge is -2.13. The van der Waals surface area contributed by atoms with Crippen molar-refractivity contribution in [3.05, 3.63) is 103 Å². The molecular formula is C25H19ClN2O6S. The Bertz CT molecular complexity index is 1330. The van der Waals surface area contributed by atoms with Crippen LogP contribution in [0.3, 0.4) is 0 Å². The largest absolute Gasteiger partial charge is 0.493 e. The average Bonchev–Trinajstić information content (AvgIpc) is 3.11. The second kappa shape index (κ2) is 10.6. The first-order valence-corrected chi connectivity index (χ1v) is 11.6. The molecule has 3 aromatic carbocycles. The lowest BCUT2D eigenvalue weighted by Crippen LogP contribution is -2.27. The van der Waals surface area contributed by atoms with Gasteiger partial charge in [0.25, 0.3) is 16.8 Å². The molecule has 0 unspecified atom stereocenters. The van der Waals surface area contributed by atoms with Gasteiger partial charge < -0.3 is 9.47 Å². The van der Waals surface area contributed by atoms with E-state index in [2.05, 4.69) is 0 Å². The van der Waals surface area contributed by atoms with E-state index in [1.807, 2.05) is 0 Å². The second-order valence-corrected chi connectivity index (χ2v) is 8.88. The molecule has 10 heteroatoms. The molecule has 35 heavy (non-hydrogen) atoms. The number of nitro groups is 1. The Morgan fingerprint density at radius 3 is 2.49 bits per heavy atom. The van der Waals surface area contributed by atoms with Gasteiger partial charge in [-0.05, 0) is 64.9 Å². The topological polar surface area (TPSA) is 99.0 Å². The van der Waals surface area contributed by atoms with Crippen molar-refractivity contribution in [1.29, 1.82) is 0 Å². The van der Waals surface area contributed by atoms with E-state index in [0.717, 1.165) is 22.2 Å². The number of hydrogen-bond donors (Lipinski definition) is 0. The van der Waals surface area contributed by atoms with Crippen LogP contribution in [0.4, 0.5) is 10.5 Å². The van der Waals surface area contributed by atoms with E-state index in [4.69, 9.17) is 21.1 Å². The molecule has 0 radical (unpaired) electrons. The number of imide groups is 1. The minimum absolute atomic E-state index is 0.00645. The molecule has 1 aliphatic rings. The van der Waals surface area contributed by atoms with Crippen molar-refractivity contribution < 1.29 is 24.0 Å². The van der Waals surface area contributed by atoms with Crippen LogP contribution in [0.2, 0.25) is 5.02 Å². The standard InChI is InChI=1S/C25H19ClN2O6S/c1-33-22-12-17(8-11-21(22)34-15-16-6-9-19(10-7-16)28(31)32)13-23-24(29)27(25(30)35-23)14-18-4-2-3-5-20(18)26/h2-13H,14-15H2,1H3/b23-13+. The summed E-state index contributed by atoms with van der Waals surface area (Å²) in [6, 6.07) is 18.3. The SMILES string of the molecule is COc1cc(/C=C2/SC(=O)N(Cc3ccccc3Cl)C2=O)ccc1OCc1ccc([N+](=O)[O-])cc1. The third kappa shape index (κ3) is 5.64. The zero-order chi connectivity index (χ0) is 24.9. The lowest BCUT2D eigenvalue weighted by atomic mass is 10.1. The van der Waals surface area contributed by atoms with Crippen LogP contribution in [0.25, 0.3) is 6.08 Å². The van der Waals surface area contributed by atoms with Gasteiger partial charge in [-0.25, -0.2) is 0 Å². The van der Waals surface area contributed by atoms with Gasteiger partial charge in [0.2, 0.25) is 0 Å². The van der Waals surface area contributed by atoms with Crippen LogP contribution in [0.15, 0.2) is 71.6 Å². The summed E-state index contributed by atoms with van der Waals surface area (Å²) < 4.78 is 11.2. The summed E-state index contributed by atoms with van der Waals surface area (Å²) >= 11 is 7.04. The van der Waals surface area contributed by atoms with Gasteiger partial charge in [-0.1, -0.05) is 35.9 Å². The summed E-state index contributed by atoms with van der Waals surface area (Å²) in [4.78, 5) is 37.1. The number of amides is 2. The van der Waals surface area contributed by atoms with Gasteiger partial charge in [0.1, 0.15) is 6.61 Å². The summed E-state index contributed by atoms with van der Waals surface area (Å²) in [6.07, 6.45) is 1.63. The number of hydrogen-bond acceptors (Lipinski definition) is 7. The highest BCUT2D eigenvalue weighted by Gasteiger charge is 2.35. The number of ether oxygens (including phenoxy) is 2. The van der Waals surface area contributed by atoms with Gasteiger partial charge in [0.15, 0.2) is 11.5 Å². The molecule has 1 heterocycles.